The molecule has 5 N–H and O–H groups in total. The third kappa shape index (κ3) is 3.84. The van der Waals surface area contributed by atoms with Crippen molar-refractivity contribution in [3.8, 4) is 0 Å². The lowest BCUT2D eigenvalue weighted by Gasteiger charge is -2.07. The second-order valence-electron chi connectivity index (χ2n) is 0.978. The lowest BCUT2D eigenvalue weighted by molar-refractivity contribution is -0.302. The van der Waals surface area contributed by atoms with E-state index in [2.05, 4.69) is 5.73 Å². The SMILES string of the molecule is NCC(O)(O)O.[H+]. The molecule has 0 saturated carbocycles. The molecule has 0 fully saturated rings. The van der Waals surface area contributed by atoms with E-state index in [1.54, 1.807) is 0 Å². The Morgan fingerprint density at radius 2 is 1.67 bits per heavy atom. The van der Waals surface area contributed by atoms with Gasteiger partial charge in [0.25, 0.3) is 5.97 Å². The number of hydrogen-bond donors (Lipinski definition) is 4. The van der Waals surface area contributed by atoms with Gasteiger partial charge in [0.1, 0.15) is 0 Å². The molecule has 0 saturated heterocycles. The van der Waals surface area contributed by atoms with E-state index in [1.165, 1.54) is 0 Å². The maximum Gasteiger partial charge on any atom is 1.00 e. The van der Waals surface area contributed by atoms with Gasteiger partial charge in [-0.3, -0.25) is 0 Å². The summed E-state index contributed by atoms with van der Waals surface area (Å²) in [7, 11) is 0. The largest absolute Gasteiger partial charge is 1.00 e. The quantitative estimate of drug-likeness (QED) is 0.275. The summed E-state index contributed by atoms with van der Waals surface area (Å²) in [4.78, 5) is 0. The van der Waals surface area contributed by atoms with Gasteiger partial charge in [-0.2, -0.15) is 0 Å². The van der Waals surface area contributed by atoms with Crippen LogP contribution < -0.4 is 5.73 Å². The number of hydrogen-bond acceptors (Lipinski definition) is 4. The van der Waals surface area contributed by atoms with Crippen LogP contribution >= 0.6 is 0 Å². The average Bonchev–Trinajstić information content (AvgIpc) is 1.35. The maximum absolute atomic E-state index is 7.81. The molecule has 0 aliphatic heterocycles. The van der Waals surface area contributed by atoms with Gasteiger partial charge in [-0.1, -0.05) is 0 Å². The van der Waals surface area contributed by atoms with Crippen molar-refractivity contribution >= 4 is 0 Å². The lowest BCUT2D eigenvalue weighted by Crippen LogP contribution is -2.36. The highest BCUT2D eigenvalue weighted by atomic mass is 16.7. The summed E-state index contributed by atoms with van der Waals surface area (Å²) in [6, 6.07) is 0. The minimum atomic E-state index is -2.68. The third-order valence-electron chi connectivity index (χ3n) is 0.274. The minimum absolute atomic E-state index is 0. The van der Waals surface area contributed by atoms with Crippen molar-refractivity contribution in [3.05, 3.63) is 0 Å². The molecule has 0 aliphatic carbocycles. The van der Waals surface area contributed by atoms with Gasteiger partial charge in [0.05, 0.1) is 6.54 Å². The van der Waals surface area contributed by atoms with Crippen molar-refractivity contribution in [1.29, 1.82) is 0 Å². The van der Waals surface area contributed by atoms with Crippen molar-refractivity contribution in [3.63, 3.8) is 0 Å². The molecule has 0 heterocycles. The zero-order valence-corrected chi connectivity index (χ0v) is 3.13. The molecule has 0 aliphatic rings. The number of rotatable bonds is 1. The van der Waals surface area contributed by atoms with Gasteiger partial charge in [-0.05, 0) is 0 Å². The van der Waals surface area contributed by atoms with E-state index in [-0.39, 0.29) is 1.43 Å². The van der Waals surface area contributed by atoms with Crippen LogP contribution in [0.5, 0.6) is 0 Å². The van der Waals surface area contributed by atoms with Crippen LogP contribution in [0.2, 0.25) is 0 Å². The first-order chi connectivity index (χ1) is 2.56. The Hall–Kier alpha value is -0.160. The molecule has 0 unspecified atom stereocenters. The molecule has 0 spiro atoms. The zero-order chi connectivity index (χ0) is 5.21. The van der Waals surface area contributed by atoms with Gasteiger partial charge in [0.15, 0.2) is 0 Å². The molecule has 0 aromatic heterocycles. The topological polar surface area (TPSA) is 86.7 Å². The summed E-state index contributed by atoms with van der Waals surface area (Å²) in [6.45, 7) is -0.562. The summed E-state index contributed by atoms with van der Waals surface area (Å²) in [6.07, 6.45) is 0. The molecule has 0 amide bonds. The summed E-state index contributed by atoms with van der Waals surface area (Å²) in [5.74, 6) is -2.68. The Morgan fingerprint density at radius 3 is 1.67 bits per heavy atom. The van der Waals surface area contributed by atoms with Crippen LogP contribution in [0.3, 0.4) is 0 Å². The maximum atomic E-state index is 7.81. The highest BCUT2D eigenvalue weighted by Crippen LogP contribution is 1.82. The summed E-state index contributed by atoms with van der Waals surface area (Å²) < 4.78 is 0. The van der Waals surface area contributed by atoms with Crippen molar-refractivity contribution in [2.75, 3.05) is 6.54 Å². The van der Waals surface area contributed by atoms with Crippen LogP contribution in [0.25, 0.3) is 0 Å². The van der Waals surface area contributed by atoms with Crippen LogP contribution in [0, 0.1) is 0 Å². The molecule has 6 heavy (non-hydrogen) atoms. The Morgan fingerprint density at radius 1 is 1.50 bits per heavy atom. The van der Waals surface area contributed by atoms with Gasteiger partial charge in [0, 0.05) is 0 Å². The van der Waals surface area contributed by atoms with Gasteiger partial charge in [-0.15, -0.1) is 0 Å². The van der Waals surface area contributed by atoms with E-state index in [0.717, 1.165) is 0 Å². The van der Waals surface area contributed by atoms with Crippen LogP contribution in [0.4, 0.5) is 0 Å². The van der Waals surface area contributed by atoms with Crippen molar-refractivity contribution in [2.45, 2.75) is 5.97 Å². The van der Waals surface area contributed by atoms with E-state index in [4.69, 9.17) is 15.3 Å². The van der Waals surface area contributed by atoms with E-state index in [9.17, 15) is 0 Å². The molecule has 0 bridgehead atoms. The van der Waals surface area contributed by atoms with E-state index in [0.29, 0.717) is 0 Å². The highest BCUT2D eigenvalue weighted by Gasteiger charge is 2.12. The zero-order valence-electron chi connectivity index (χ0n) is 4.13. The molecule has 4 nitrogen and oxygen atoms in total. The van der Waals surface area contributed by atoms with Gasteiger partial charge in [0.2, 0.25) is 0 Å². The smallest absolute Gasteiger partial charge is 0.343 e. The van der Waals surface area contributed by atoms with Crippen LogP contribution in [-0.2, 0) is 0 Å². The number of aliphatic hydroxyl groups is 3. The third-order valence-corrected chi connectivity index (χ3v) is 0.274. The predicted molar refractivity (Wildman–Crippen MR) is 19.6 cm³/mol. The minimum Gasteiger partial charge on any atom is -0.343 e. The van der Waals surface area contributed by atoms with Crippen LogP contribution in [-0.4, -0.2) is 27.8 Å². The molecule has 4 heteroatoms. The van der Waals surface area contributed by atoms with Crippen LogP contribution in [0.15, 0.2) is 0 Å². The fourth-order valence-corrected chi connectivity index (χ4v) is 0. The fraction of sp³-hybridized carbons (Fsp3) is 1.00. The second-order valence-corrected chi connectivity index (χ2v) is 0.978. The first kappa shape index (κ1) is 5.84. The molecule has 0 rings (SSSR count). The second kappa shape index (κ2) is 1.53. The van der Waals surface area contributed by atoms with Gasteiger partial charge in [-0.25, -0.2) is 0 Å². The Bertz CT molecular complexity index is 42.7. The number of nitrogens with two attached hydrogens (primary N) is 1. The highest BCUT2D eigenvalue weighted by molar-refractivity contribution is 4.41. The van der Waals surface area contributed by atoms with Gasteiger partial charge < -0.3 is 21.1 Å². The monoisotopic (exact) mass is 94.0 g/mol. The van der Waals surface area contributed by atoms with Crippen molar-refractivity contribution < 1.29 is 16.7 Å². The molecule has 0 radical (unpaired) electrons. The average molecular weight is 94.1 g/mol. The Balaban J connectivity index is 0. The Kier molecular flexibility index (Phi) is 1.48. The van der Waals surface area contributed by atoms with E-state index in [1.807, 2.05) is 0 Å². The van der Waals surface area contributed by atoms with E-state index < -0.39 is 12.5 Å². The van der Waals surface area contributed by atoms with Crippen LogP contribution in [0.1, 0.15) is 1.43 Å². The van der Waals surface area contributed by atoms with Gasteiger partial charge >= 0.3 is 1.43 Å². The molecule has 38 valence electrons. The normalized spacial score (nSPS) is 12.0. The van der Waals surface area contributed by atoms with Crippen molar-refractivity contribution in [2.24, 2.45) is 5.73 Å². The fourth-order valence-electron chi connectivity index (χ4n) is 0. The standard InChI is InChI=1S/C2H7NO3/c3-1-2(4,5)6/h4-6H,1,3H2/p+1. The molecular weight excluding hydrogens is 86.0 g/mol. The predicted octanol–water partition coefficient (Wildman–Crippen LogP) is -2.31. The summed E-state index contributed by atoms with van der Waals surface area (Å²) >= 11 is 0. The molecule has 0 atom stereocenters. The summed E-state index contributed by atoms with van der Waals surface area (Å²) in [5, 5.41) is 23.4. The van der Waals surface area contributed by atoms with E-state index >= 15 is 0 Å². The van der Waals surface area contributed by atoms with Crippen molar-refractivity contribution in [1.82, 2.24) is 0 Å². The molecule has 0 aromatic rings. The molecule has 0 aromatic carbocycles. The summed E-state index contributed by atoms with van der Waals surface area (Å²) in [5.41, 5.74) is 4.56. The molecular formula is C2H8NO3+. The lowest BCUT2D eigenvalue weighted by atomic mass is 10.6. The first-order valence-electron chi connectivity index (χ1n) is 1.43. The first-order valence-corrected chi connectivity index (χ1v) is 1.43. The Labute approximate surface area is 36.3 Å².